The lowest BCUT2D eigenvalue weighted by molar-refractivity contribution is 0.102. The van der Waals surface area contributed by atoms with Gasteiger partial charge >= 0.3 is 0 Å². The standard InChI is InChI=1S/C22H17N5OS/c1-2-27-19-6-4-3-5-14(19)11-20(27)22-26-18(13-29-22)21(28)25-15-7-8-16-17(12-15)24-10-9-23-16/h3-13H,2H2,1H3,(H,25,28). The Morgan fingerprint density at radius 2 is 1.90 bits per heavy atom. The van der Waals surface area contributed by atoms with Gasteiger partial charge in [0, 0.05) is 40.9 Å². The number of nitrogens with one attached hydrogen (secondary N) is 1. The van der Waals surface area contributed by atoms with Crippen molar-refractivity contribution in [3.63, 3.8) is 0 Å². The molecule has 0 bridgehead atoms. The van der Waals surface area contributed by atoms with Crippen LogP contribution in [0.1, 0.15) is 17.4 Å². The second kappa shape index (κ2) is 7.10. The Bertz CT molecular complexity index is 1350. The molecular weight excluding hydrogens is 382 g/mol. The van der Waals surface area contributed by atoms with Gasteiger partial charge in [0.05, 0.1) is 16.7 Å². The Labute approximate surface area is 170 Å². The quantitative estimate of drug-likeness (QED) is 0.463. The van der Waals surface area contributed by atoms with Crippen molar-refractivity contribution in [1.82, 2.24) is 19.5 Å². The smallest absolute Gasteiger partial charge is 0.275 e. The molecule has 0 atom stereocenters. The van der Waals surface area contributed by atoms with Crippen molar-refractivity contribution in [3.8, 4) is 10.7 Å². The summed E-state index contributed by atoms with van der Waals surface area (Å²) < 4.78 is 2.22. The van der Waals surface area contributed by atoms with E-state index >= 15 is 0 Å². The fraction of sp³-hybridized carbons (Fsp3) is 0.0909. The van der Waals surface area contributed by atoms with E-state index in [4.69, 9.17) is 0 Å². The zero-order chi connectivity index (χ0) is 19.8. The largest absolute Gasteiger partial charge is 0.339 e. The molecule has 2 aromatic carbocycles. The van der Waals surface area contributed by atoms with Gasteiger partial charge in [0.15, 0.2) is 0 Å². The highest BCUT2D eigenvalue weighted by Gasteiger charge is 2.16. The Kier molecular flexibility index (Phi) is 4.29. The van der Waals surface area contributed by atoms with Crippen LogP contribution < -0.4 is 5.32 Å². The molecule has 3 aromatic heterocycles. The third-order valence-electron chi connectivity index (χ3n) is 4.81. The predicted octanol–water partition coefficient (Wildman–Crippen LogP) is 4.98. The van der Waals surface area contributed by atoms with Crippen molar-refractivity contribution in [2.45, 2.75) is 13.5 Å². The number of rotatable bonds is 4. The first-order valence-corrected chi connectivity index (χ1v) is 10.2. The van der Waals surface area contributed by atoms with E-state index in [2.05, 4.69) is 50.0 Å². The van der Waals surface area contributed by atoms with Gasteiger partial charge in [0.25, 0.3) is 5.91 Å². The van der Waals surface area contributed by atoms with Gasteiger partial charge in [0.2, 0.25) is 0 Å². The Morgan fingerprint density at radius 3 is 2.76 bits per heavy atom. The van der Waals surface area contributed by atoms with Crippen LogP contribution in [0.4, 0.5) is 5.69 Å². The molecule has 5 aromatic rings. The molecule has 1 amide bonds. The molecule has 0 spiro atoms. The van der Waals surface area contributed by atoms with Gasteiger partial charge in [-0.3, -0.25) is 14.8 Å². The lowest BCUT2D eigenvalue weighted by atomic mass is 10.2. The Morgan fingerprint density at radius 1 is 1.07 bits per heavy atom. The minimum atomic E-state index is -0.241. The summed E-state index contributed by atoms with van der Waals surface area (Å²) in [5.74, 6) is -0.241. The Hall–Kier alpha value is -3.58. The lowest BCUT2D eigenvalue weighted by Crippen LogP contribution is -2.12. The van der Waals surface area contributed by atoms with Gasteiger partial charge in [-0.05, 0) is 37.3 Å². The molecule has 29 heavy (non-hydrogen) atoms. The minimum absolute atomic E-state index is 0.241. The number of carbonyl (C=O) groups excluding carboxylic acids is 1. The zero-order valence-corrected chi connectivity index (χ0v) is 16.5. The first kappa shape index (κ1) is 17.5. The number of para-hydroxylation sites is 1. The van der Waals surface area contributed by atoms with Gasteiger partial charge in [-0.1, -0.05) is 18.2 Å². The zero-order valence-electron chi connectivity index (χ0n) is 15.7. The number of hydrogen-bond donors (Lipinski definition) is 1. The minimum Gasteiger partial charge on any atom is -0.339 e. The average Bonchev–Trinajstić information content (AvgIpc) is 3.38. The van der Waals surface area contributed by atoms with Gasteiger partial charge < -0.3 is 9.88 Å². The van der Waals surface area contributed by atoms with Crippen LogP contribution in [0.2, 0.25) is 0 Å². The summed E-state index contributed by atoms with van der Waals surface area (Å²) in [5.41, 5.74) is 4.78. The SMILES string of the molecule is CCn1c(-c2nc(C(=O)Nc3ccc4nccnc4c3)cs2)cc2ccccc21. The number of hydrogen-bond acceptors (Lipinski definition) is 5. The topological polar surface area (TPSA) is 72.7 Å². The first-order valence-electron chi connectivity index (χ1n) is 9.29. The van der Waals surface area contributed by atoms with Crippen LogP contribution >= 0.6 is 11.3 Å². The van der Waals surface area contributed by atoms with Crippen molar-refractivity contribution in [2.75, 3.05) is 5.32 Å². The number of benzene rings is 2. The second-order valence-corrected chi connectivity index (χ2v) is 7.44. The van der Waals surface area contributed by atoms with Gasteiger partial charge in [-0.25, -0.2) is 4.98 Å². The van der Waals surface area contributed by atoms with Crippen LogP contribution in [0.3, 0.4) is 0 Å². The average molecular weight is 399 g/mol. The van der Waals surface area contributed by atoms with E-state index < -0.39 is 0 Å². The molecule has 0 aliphatic rings. The number of nitrogens with zero attached hydrogens (tertiary/aromatic N) is 4. The van der Waals surface area contributed by atoms with E-state index in [1.54, 1.807) is 17.8 Å². The maximum absolute atomic E-state index is 12.7. The van der Waals surface area contributed by atoms with Crippen LogP contribution in [-0.4, -0.2) is 25.4 Å². The summed E-state index contributed by atoms with van der Waals surface area (Å²) in [6, 6.07) is 15.8. The maximum Gasteiger partial charge on any atom is 0.275 e. The van der Waals surface area contributed by atoms with Crippen LogP contribution in [-0.2, 0) is 6.54 Å². The molecular formula is C22H17N5OS. The number of fused-ring (bicyclic) bond motifs is 2. The summed E-state index contributed by atoms with van der Waals surface area (Å²) in [7, 11) is 0. The summed E-state index contributed by atoms with van der Waals surface area (Å²) in [6.45, 7) is 2.95. The highest BCUT2D eigenvalue weighted by Crippen LogP contribution is 2.30. The number of amides is 1. The number of aromatic nitrogens is 4. The van der Waals surface area contributed by atoms with Gasteiger partial charge in [0.1, 0.15) is 10.7 Å². The number of aryl methyl sites for hydroxylation is 1. The maximum atomic E-state index is 12.7. The third-order valence-corrected chi connectivity index (χ3v) is 5.67. The van der Waals surface area contributed by atoms with E-state index in [1.807, 2.05) is 30.3 Å². The van der Waals surface area contributed by atoms with Crippen LogP contribution in [0, 0.1) is 0 Å². The lowest BCUT2D eigenvalue weighted by Gasteiger charge is -2.05. The van der Waals surface area contributed by atoms with Crippen molar-refractivity contribution in [1.29, 1.82) is 0 Å². The molecule has 0 fully saturated rings. The molecule has 0 aliphatic carbocycles. The highest BCUT2D eigenvalue weighted by molar-refractivity contribution is 7.13. The molecule has 0 aliphatic heterocycles. The van der Waals surface area contributed by atoms with Crippen molar-refractivity contribution in [3.05, 3.63) is 72.0 Å². The molecule has 3 heterocycles. The summed E-state index contributed by atoms with van der Waals surface area (Å²) in [5, 5.41) is 6.70. The van der Waals surface area contributed by atoms with E-state index in [-0.39, 0.29) is 5.91 Å². The van der Waals surface area contributed by atoms with E-state index in [9.17, 15) is 4.79 Å². The van der Waals surface area contributed by atoms with E-state index in [1.165, 1.54) is 22.2 Å². The number of carbonyl (C=O) groups is 1. The predicted molar refractivity (Wildman–Crippen MR) is 116 cm³/mol. The molecule has 6 nitrogen and oxygen atoms in total. The number of anilines is 1. The van der Waals surface area contributed by atoms with Crippen LogP contribution in [0.25, 0.3) is 32.6 Å². The van der Waals surface area contributed by atoms with Gasteiger partial charge in [-0.2, -0.15) is 0 Å². The molecule has 142 valence electrons. The monoisotopic (exact) mass is 399 g/mol. The van der Waals surface area contributed by atoms with Crippen LogP contribution in [0.5, 0.6) is 0 Å². The normalized spacial score (nSPS) is 11.2. The molecule has 0 unspecified atom stereocenters. The Balaban J connectivity index is 1.44. The van der Waals surface area contributed by atoms with Crippen LogP contribution in [0.15, 0.2) is 66.3 Å². The van der Waals surface area contributed by atoms with E-state index in [0.29, 0.717) is 11.4 Å². The highest BCUT2D eigenvalue weighted by atomic mass is 32.1. The van der Waals surface area contributed by atoms with Crippen molar-refractivity contribution < 1.29 is 4.79 Å². The molecule has 0 radical (unpaired) electrons. The van der Waals surface area contributed by atoms with Gasteiger partial charge in [-0.15, -0.1) is 11.3 Å². The summed E-state index contributed by atoms with van der Waals surface area (Å²) in [6.07, 6.45) is 3.28. The van der Waals surface area contributed by atoms with Crippen molar-refractivity contribution >= 4 is 44.9 Å². The fourth-order valence-corrected chi connectivity index (χ4v) is 4.28. The summed E-state index contributed by atoms with van der Waals surface area (Å²) >= 11 is 1.47. The van der Waals surface area contributed by atoms with Crippen molar-refractivity contribution in [2.24, 2.45) is 0 Å². The fourth-order valence-electron chi connectivity index (χ4n) is 3.46. The molecule has 7 heteroatoms. The molecule has 5 rings (SSSR count). The second-order valence-electron chi connectivity index (χ2n) is 6.58. The van der Waals surface area contributed by atoms with E-state index in [0.717, 1.165) is 28.3 Å². The summed E-state index contributed by atoms with van der Waals surface area (Å²) in [4.78, 5) is 25.8. The third kappa shape index (κ3) is 3.15. The molecule has 1 N–H and O–H groups in total. The number of thiazole rings is 1. The first-order chi connectivity index (χ1) is 14.2. The molecule has 0 saturated carbocycles. The molecule has 0 saturated heterocycles.